The minimum Gasteiger partial charge on any atom is -0.317 e. The summed E-state index contributed by atoms with van der Waals surface area (Å²) in [5, 5.41) is 3.30. The standard InChI is InChI=1S/C14H31N3O2S/c1-4-9-15-10-6-12-16(3)20(18,19)17(11-5-2)13-14-7-8-14/h14-15H,4-13H2,1-3H3. The summed E-state index contributed by atoms with van der Waals surface area (Å²) >= 11 is 0. The number of nitrogens with one attached hydrogen (secondary N) is 1. The molecule has 1 saturated carbocycles. The van der Waals surface area contributed by atoms with Crippen LogP contribution in [0.2, 0.25) is 0 Å². The van der Waals surface area contributed by atoms with Gasteiger partial charge >= 0.3 is 0 Å². The van der Waals surface area contributed by atoms with Crippen LogP contribution in [0.5, 0.6) is 0 Å². The summed E-state index contributed by atoms with van der Waals surface area (Å²) in [7, 11) is -1.57. The predicted molar refractivity (Wildman–Crippen MR) is 83.9 cm³/mol. The van der Waals surface area contributed by atoms with Gasteiger partial charge in [0, 0.05) is 26.7 Å². The molecule has 0 amide bonds. The quantitative estimate of drug-likeness (QED) is 0.558. The first-order valence-electron chi connectivity index (χ1n) is 7.94. The minimum absolute atomic E-state index is 0.587. The molecule has 0 spiro atoms. The van der Waals surface area contributed by atoms with Gasteiger partial charge in [-0.05, 0) is 51.1 Å². The van der Waals surface area contributed by atoms with Crippen molar-refractivity contribution in [2.45, 2.75) is 46.0 Å². The molecule has 0 aliphatic heterocycles. The van der Waals surface area contributed by atoms with Gasteiger partial charge in [-0.25, -0.2) is 0 Å². The van der Waals surface area contributed by atoms with E-state index in [1.165, 1.54) is 17.1 Å². The fourth-order valence-corrected chi connectivity index (χ4v) is 3.75. The van der Waals surface area contributed by atoms with Gasteiger partial charge in [-0.1, -0.05) is 13.8 Å². The van der Waals surface area contributed by atoms with E-state index in [2.05, 4.69) is 12.2 Å². The molecule has 1 fully saturated rings. The zero-order valence-corrected chi connectivity index (χ0v) is 14.1. The molecule has 0 saturated heterocycles. The second kappa shape index (κ2) is 8.97. The van der Waals surface area contributed by atoms with Crippen molar-refractivity contribution in [1.29, 1.82) is 0 Å². The maximum Gasteiger partial charge on any atom is 0.281 e. The molecule has 0 radical (unpaired) electrons. The van der Waals surface area contributed by atoms with Crippen LogP contribution in [0.15, 0.2) is 0 Å². The van der Waals surface area contributed by atoms with Gasteiger partial charge in [0.2, 0.25) is 0 Å². The molecule has 0 heterocycles. The molecule has 6 heteroatoms. The Balaban J connectivity index is 2.41. The van der Waals surface area contributed by atoms with Crippen LogP contribution in [0.3, 0.4) is 0 Å². The molecular weight excluding hydrogens is 274 g/mol. The lowest BCUT2D eigenvalue weighted by Gasteiger charge is -2.27. The maximum absolute atomic E-state index is 12.5. The maximum atomic E-state index is 12.5. The lowest BCUT2D eigenvalue weighted by molar-refractivity contribution is 0.346. The normalized spacial score (nSPS) is 16.2. The van der Waals surface area contributed by atoms with Crippen molar-refractivity contribution in [3.05, 3.63) is 0 Å². The topological polar surface area (TPSA) is 52.7 Å². The predicted octanol–water partition coefficient (Wildman–Crippen LogP) is 1.67. The van der Waals surface area contributed by atoms with Crippen LogP contribution in [0.1, 0.15) is 46.0 Å². The molecule has 0 aromatic rings. The molecule has 0 bridgehead atoms. The Morgan fingerprint density at radius 3 is 2.35 bits per heavy atom. The molecule has 0 aromatic heterocycles. The molecule has 1 rings (SSSR count). The van der Waals surface area contributed by atoms with E-state index in [1.54, 1.807) is 11.4 Å². The summed E-state index contributed by atoms with van der Waals surface area (Å²) in [6, 6.07) is 0. The molecule has 0 aromatic carbocycles. The van der Waals surface area contributed by atoms with E-state index in [1.807, 2.05) is 6.92 Å². The summed E-state index contributed by atoms with van der Waals surface area (Å²) in [4.78, 5) is 0. The van der Waals surface area contributed by atoms with Crippen LogP contribution in [0, 0.1) is 5.92 Å². The van der Waals surface area contributed by atoms with Gasteiger partial charge in [-0.2, -0.15) is 17.0 Å². The van der Waals surface area contributed by atoms with Crippen molar-refractivity contribution in [1.82, 2.24) is 13.9 Å². The molecule has 0 atom stereocenters. The highest BCUT2D eigenvalue weighted by Crippen LogP contribution is 2.30. The molecule has 1 aliphatic carbocycles. The highest BCUT2D eigenvalue weighted by atomic mass is 32.2. The molecule has 120 valence electrons. The lowest BCUT2D eigenvalue weighted by Crippen LogP contribution is -2.44. The monoisotopic (exact) mass is 305 g/mol. The summed E-state index contributed by atoms with van der Waals surface area (Å²) in [5.41, 5.74) is 0. The van der Waals surface area contributed by atoms with E-state index >= 15 is 0 Å². The summed E-state index contributed by atoms with van der Waals surface area (Å²) < 4.78 is 28.3. The van der Waals surface area contributed by atoms with Gasteiger partial charge in [-0.3, -0.25) is 0 Å². The smallest absolute Gasteiger partial charge is 0.281 e. The largest absolute Gasteiger partial charge is 0.317 e. The van der Waals surface area contributed by atoms with Gasteiger partial charge in [-0.15, -0.1) is 0 Å². The Morgan fingerprint density at radius 2 is 1.80 bits per heavy atom. The Bertz CT molecular complexity index is 355. The third kappa shape index (κ3) is 6.08. The van der Waals surface area contributed by atoms with Crippen molar-refractivity contribution in [3.8, 4) is 0 Å². The first kappa shape index (κ1) is 17.9. The van der Waals surface area contributed by atoms with E-state index in [0.29, 0.717) is 25.6 Å². The highest BCUT2D eigenvalue weighted by Gasteiger charge is 2.32. The Morgan fingerprint density at radius 1 is 1.10 bits per heavy atom. The van der Waals surface area contributed by atoms with Crippen molar-refractivity contribution in [3.63, 3.8) is 0 Å². The van der Waals surface area contributed by atoms with Crippen LogP contribution >= 0.6 is 0 Å². The first-order chi connectivity index (χ1) is 9.52. The molecule has 1 aliphatic rings. The van der Waals surface area contributed by atoms with Crippen LogP contribution in [-0.2, 0) is 10.2 Å². The van der Waals surface area contributed by atoms with Crippen molar-refractivity contribution >= 4 is 10.2 Å². The third-order valence-corrected chi connectivity index (χ3v) is 5.56. The van der Waals surface area contributed by atoms with E-state index in [9.17, 15) is 8.42 Å². The molecule has 0 unspecified atom stereocenters. The number of hydrogen-bond acceptors (Lipinski definition) is 3. The van der Waals surface area contributed by atoms with Gasteiger partial charge in [0.15, 0.2) is 0 Å². The Labute approximate surface area is 124 Å². The zero-order chi connectivity index (χ0) is 15.0. The van der Waals surface area contributed by atoms with Crippen molar-refractivity contribution in [2.24, 2.45) is 5.92 Å². The van der Waals surface area contributed by atoms with E-state index < -0.39 is 10.2 Å². The van der Waals surface area contributed by atoms with Gasteiger partial charge in [0.25, 0.3) is 10.2 Å². The molecule has 1 N–H and O–H groups in total. The second-order valence-electron chi connectivity index (χ2n) is 5.73. The van der Waals surface area contributed by atoms with Crippen LogP contribution in [0.4, 0.5) is 0 Å². The van der Waals surface area contributed by atoms with E-state index in [0.717, 1.165) is 32.4 Å². The fraction of sp³-hybridized carbons (Fsp3) is 1.00. The van der Waals surface area contributed by atoms with Crippen LogP contribution < -0.4 is 5.32 Å². The minimum atomic E-state index is -3.27. The number of rotatable bonds is 12. The second-order valence-corrected chi connectivity index (χ2v) is 7.77. The van der Waals surface area contributed by atoms with Crippen LogP contribution in [0.25, 0.3) is 0 Å². The van der Waals surface area contributed by atoms with Gasteiger partial charge < -0.3 is 5.32 Å². The summed E-state index contributed by atoms with van der Waals surface area (Å²) in [6.07, 6.45) is 5.21. The zero-order valence-electron chi connectivity index (χ0n) is 13.3. The van der Waals surface area contributed by atoms with Crippen molar-refractivity contribution in [2.75, 3.05) is 39.8 Å². The lowest BCUT2D eigenvalue weighted by atomic mass is 10.4. The Kier molecular flexibility index (Phi) is 8.02. The molecule has 20 heavy (non-hydrogen) atoms. The molecule has 5 nitrogen and oxygen atoms in total. The van der Waals surface area contributed by atoms with Crippen LogP contribution in [-0.4, -0.2) is 56.8 Å². The van der Waals surface area contributed by atoms with E-state index in [4.69, 9.17) is 0 Å². The first-order valence-corrected chi connectivity index (χ1v) is 9.34. The number of nitrogens with zero attached hydrogens (tertiary/aromatic N) is 2. The van der Waals surface area contributed by atoms with Gasteiger partial charge in [0.05, 0.1) is 0 Å². The highest BCUT2D eigenvalue weighted by molar-refractivity contribution is 7.86. The summed E-state index contributed by atoms with van der Waals surface area (Å²) in [5.74, 6) is 0.593. The van der Waals surface area contributed by atoms with E-state index in [-0.39, 0.29) is 0 Å². The average Bonchev–Trinajstić information content (AvgIpc) is 3.21. The average molecular weight is 305 g/mol. The third-order valence-electron chi connectivity index (χ3n) is 3.61. The summed E-state index contributed by atoms with van der Waals surface area (Å²) in [6.45, 7) is 7.97. The Hall–Kier alpha value is -0.170. The fourth-order valence-electron chi connectivity index (χ4n) is 2.18. The number of hydrogen-bond donors (Lipinski definition) is 1. The SMILES string of the molecule is CCCNCCCN(C)S(=O)(=O)N(CCC)CC1CC1. The van der Waals surface area contributed by atoms with Gasteiger partial charge in [0.1, 0.15) is 0 Å². The molecular formula is C14H31N3O2S. The van der Waals surface area contributed by atoms with Crippen molar-refractivity contribution < 1.29 is 8.42 Å².